The fraction of sp³-hybridized carbons (Fsp3) is 0.143. The van der Waals surface area contributed by atoms with Crippen molar-refractivity contribution in [2.24, 2.45) is 0 Å². The van der Waals surface area contributed by atoms with E-state index in [-0.39, 0.29) is 5.92 Å². The molecule has 0 aliphatic heterocycles. The maximum atomic E-state index is 5.99. The maximum Gasteiger partial charge on any atom is 0.0343 e. The summed E-state index contributed by atoms with van der Waals surface area (Å²) in [5, 5.41) is 0. The van der Waals surface area contributed by atoms with Gasteiger partial charge in [-0.25, -0.2) is 0 Å². The van der Waals surface area contributed by atoms with Crippen molar-refractivity contribution < 1.29 is 0 Å². The lowest BCUT2D eigenvalue weighted by Crippen LogP contribution is -2.06. The van der Waals surface area contributed by atoms with Crippen molar-refractivity contribution in [3.63, 3.8) is 0 Å². The third-order valence-electron chi connectivity index (χ3n) is 4.45. The summed E-state index contributed by atoms with van der Waals surface area (Å²) < 4.78 is 0. The van der Waals surface area contributed by atoms with Crippen LogP contribution in [0.25, 0.3) is 0 Å². The summed E-state index contributed by atoms with van der Waals surface area (Å²) in [4.78, 5) is 0. The van der Waals surface area contributed by atoms with Gasteiger partial charge in [-0.2, -0.15) is 0 Å². The lowest BCUT2D eigenvalue weighted by atomic mass is 9.85. The number of benzene rings is 3. The van der Waals surface area contributed by atoms with Gasteiger partial charge in [0.15, 0.2) is 0 Å². The van der Waals surface area contributed by atoms with Crippen LogP contribution in [0.4, 0.5) is 17.1 Å². The molecule has 0 radical (unpaired) electrons. The van der Waals surface area contributed by atoms with E-state index in [1.165, 1.54) is 16.7 Å². The fourth-order valence-electron chi connectivity index (χ4n) is 2.96. The fourth-order valence-corrected chi connectivity index (χ4v) is 2.96. The summed E-state index contributed by atoms with van der Waals surface area (Å²) >= 11 is 0. The Morgan fingerprint density at radius 2 is 1.25 bits per heavy atom. The molecule has 0 spiro atoms. The summed E-state index contributed by atoms with van der Waals surface area (Å²) in [5.74, 6) is 0.244. The zero-order valence-corrected chi connectivity index (χ0v) is 13.9. The van der Waals surface area contributed by atoms with E-state index >= 15 is 0 Å². The summed E-state index contributed by atoms with van der Waals surface area (Å²) in [6.45, 7) is 2.04. The van der Waals surface area contributed by atoms with Gasteiger partial charge >= 0.3 is 0 Å². The van der Waals surface area contributed by atoms with Crippen LogP contribution in [0.1, 0.15) is 28.2 Å². The molecule has 3 heteroatoms. The van der Waals surface area contributed by atoms with Gasteiger partial charge in [0.1, 0.15) is 0 Å². The molecule has 1 atom stereocenters. The van der Waals surface area contributed by atoms with Crippen molar-refractivity contribution in [2.45, 2.75) is 19.3 Å². The second-order valence-corrected chi connectivity index (χ2v) is 6.28. The molecule has 1 unspecified atom stereocenters. The third-order valence-corrected chi connectivity index (χ3v) is 4.45. The Labute approximate surface area is 143 Å². The highest BCUT2D eigenvalue weighted by Crippen LogP contribution is 2.31. The first-order chi connectivity index (χ1) is 11.5. The highest BCUT2D eigenvalue weighted by Gasteiger charge is 2.16. The van der Waals surface area contributed by atoms with Gasteiger partial charge in [0.2, 0.25) is 0 Å². The van der Waals surface area contributed by atoms with Gasteiger partial charge in [0, 0.05) is 23.0 Å². The molecule has 0 saturated heterocycles. The molecule has 3 aromatic rings. The van der Waals surface area contributed by atoms with Crippen LogP contribution in [0.2, 0.25) is 0 Å². The van der Waals surface area contributed by atoms with Crippen LogP contribution in [0.5, 0.6) is 0 Å². The number of nitrogens with two attached hydrogens (primary N) is 3. The minimum atomic E-state index is 0.244. The summed E-state index contributed by atoms with van der Waals surface area (Å²) in [5.41, 5.74) is 24.9. The molecule has 24 heavy (non-hydrogen) atoms. The largest absolute Gasteiger partial charge is 0.399 e. The Morgan fingerprint density at radius 1 is 0.708 bits per heavy atom. The van der Waals surface area contributed by atoms with E-state index in [1.807, 2.05) is 37.3 Å². The number of hydrogen-bond acceptors (Lipinski definition) is 3. The average molecular weight is 317 g/mol. The van der Waals surface area contributed by atoms with Gasteiger partial charge < -0.3 is 17.2 Å². The van der Waals surface area contributed by atoms with Gasteiger partial charge in [-0.05, 0) is 65.9 Å². The molecular weight excluding hydrogens is 294 g/mol. The van der Waals surface area contributed by atoms with Crippen molar-refractivity contribution in [1.82, 2.24) is 0 Å². The third kappa shape index (κ3) is 3.51. The average Bonchev–Trinajstić information content (AvgIpc) is 2.58. The molecular formula is C21H23N3. The predicted octanol–water partition coefficient (Wildman–Crippen LogP) is 4.12. The van der Waals surface area contributed by atoms with Crippen LogP contribution in [-0.2, 0) is 6.42 Å². The first-order valence-electron chi connectivity index (χ1n) is 8.09. The zero-order chi connectivity index (χ0) is 17.1. The standard InChI is InChI=1S/C21H23N3/c1-14-12-17(6-11-21(14)24)20(16-4-9-19(23)10-5-16)13-15-2-7-18(22)8-3-15/h2-12,20H,13,22-24H2,1H3. The van der Waals surface area contributed by atoms with Crippen molar-refractivity contribution >= 4 is 17.1 Å². The minimum Gasteiger partial charge on any atom is -0.399 e. The van der Waals surface area contributed by atoms with E-state index in [1.54, 1.807) is 0 Å². The van der Waals surface area contributed by atoms with E-state index < -0.39 is 0 Å². The van der Waals surface area contributed by atoms with Crippen LogP contribution in [-0.4, -0.2) is 0 Å². The summed E-state index contributed by atoms with van der Waals surface area (Å²) in [7, 11) is 0. The Kier molecular flexibility index (Phi) is 4.43. The lowest BCUT2D eigenvalue weighted by molar-refractivity contribution is 0.804. The number of rotatable bonds is 4. The molecule has 0 saturated carbocycles. The molecule has 122 valence electrons. The normalized spacial score (nSPS) is 12.0. The quantitative estimate of drug-likeness (QED) is 0.633. The van der Waals surface area contributed by atoms with E-state index in [2.05, 4.69) is 36.4 Å². The second kappa shape index (κ2) is 6.67. The lowest BCUT2D eigenvalue weighted by Gasteiger charge is -2.20. The minimum absolute atomic E-state index is 0.244. The Balaban J connectivity index is 2.00. The van der Waals surface area contributed by atoms with E-state index in [0.29, 0.717) is 0 Å². The molecule has 0 aliphatic rings. The smallest absolute Gasteiger partial charge is 0.0343 e. The van der Waals surface area contributed by atoms with Gasteiger partial charge in [0.05, 0.1) is 0 Å². The second-order valence-electron chi connectivity index (χ2n) is 6.28. The zero-order valence-electron chi connectivity index (χ0n) is 13.9. The molecule has 0 heterocycles. The molecule has 6 N–H and O–H groups in total. The topological polar surface area (TPSA) is 78.1 Å². The number of aryl methyl sites for hydroxylation is 1. The number of anilines is 3. The first kappa shape index (κ1) is 15.9. The number of nitrogen functional groups attached to an aromatic ring is 3. The molecule has 3 nitrogen and oxygen atoms in total. The van der Waals surface area contributed by atoms with Crippen LogP contribution in [0.15, 0.2) is 66.7 Å². The van der Waals surface area contributed by atoms with E-state index in [0.717, 1.165) is 29.0 Å². The number of hydrogen-bond donors (Lipinski definition) is 3. The summed E-state index contributed by atoms with van der Waals surface area (Å²) in [6.07, 6.45) is 0.896. The van der Waals surface area contributed by atoms with Crippen molar-refractivity contribution in [2.75, 3.05) is 17.2 Å². The van der Waals surface area contributed by atoms with Gasteiger partial charge in [-0.3, -0.25) is 0 Å². The molecule has 0 fully saturated rings. The highest BCUT2D eigenvalue weighted by atomic mass is 14.6. The van der Waals surface area contributed by atoms with E-state index in [9.17, 15) is 0 Å². The SMILES string of the molecule is Cc1cc(C(Cc2ccc(N)cc2)c2ccc(N)cc2)ccc1N. The van der Waals surface area contributed by atoms with Crippen LogP contribution in [0, 0.1) is 6.92 Å². The van der Waals surface area contributed by atoms with Gasteiger partial charge in [-0.15, -0.1) is 0 Å². The highest BCUT2D eigenvalue weighted by molar-refractivity contribution is 5.51. The Morgan fingerprint density at radius 3 is 1.83 bits per heavy atom. The summed E-state index contributed by atoms with van der Waals surface area (Å²) in [6, 6.07) is 22.4. The van der Waals surface area contributed by atoms with Gasteiger partial charge in [-0.1, -0.05) is 36.4 Å². The predicted molar refractivity (Wildman–Crippen MR) is 103 cm³/mol. The van der Waals surface area contributed by atoms with Gasteiger partial charge in [0.25, 0.3) is 0 Å². The van der Waals surface area contributed by atoms with Crippen LogP contribution < -0.4 is 17.2 Å². The van der Waals surface area contributed by atoms with Crippen LogP contribution >= 0.6 is 0 Å². The molecule has 3 aromatic carbocycles. The van der Waals surface area contributed by atoms with E-state index in [4.69, 9.17) is 17.2 Å². The molecule has 3 rings (SSSR count). The molecule has 0 amide bonds. The molecule has 0 aliphatic carbocycles. The molecule has 0 bridgehead atoms. The van der Waals surface area contributed by atoms with Crippen molar-refractivity contribution in [1.29, 1.82) is 0 Å². The van der Waals surface area contributed by atoms with Crippen LogP contribution in [0.3, 0.4) is 0 Å². The Hall–Kier alpha value is -2.94. The molecule has 0 aromatic heterocycles. The Bertz CT molecular complexity index is 821. The maximum absolute atomic E-state index is 5.99. The van der Waals surface area contributed by atoms with Crippen molar-refractivity contribution in [3.8, 4) is 0 Å². The first-order valence-corrected chi connectivity index (χ1v) is 8.09. The monoisotopic (exact) mass is 317 g/mol. The van der Waals surface area contributed by atoms with Crippen molar-refractivity contribution in [3.05, 3.63) is 89.0 Å².